The smallest absolute Gasteiger partial charge is 0.125 e. The van der Waals surface area contributed by atoms with Crippen LogP contribution >= 0.6 is 0 Å². The Bertz CT molecular complexity index is 608. The molecule has 0 spiro atoms. The lowest BCUT2D eigenvalue weighted by Crippen LogP contribution is -2.13. The van der Waals surface area contributed by atoms with Gasteiger partial charge in [-0.25, -0.2) is 0 Å². The summed E-state index contributed by atoms with van der Waals surface area (Å²) in [5.74, 6) is 0.183. The maximum absolute atomic E-state index is 9.61. The Morgan fingerprint density at radius 1 is 1.29 bits per heavy atom. The summed E-state index contributed by atoms with van der Waals surface area (Å²) in [5, 5.41) is 19.0. The summed E-state index contributed by atoms with van der Waals surface area (Å²) < 4.78 is 5.37. The van der Waals surface area contributed by atoms with Crippen LogP contribution < -0.4 is 4.74 Å². The van der Waals surface area contributed by atoms with E-state index in [0.29, 0.717) is 12.2 Å². The van der Waals surface area contributed by atoms with E-state index < -0.39 is 0 Å². The van der Waals surface area contributed by atoms with Gasteiger partial charge in [0.25, 0.3) is 0 Å². The molecule has 0 aliphatic heterocycles. The standard InChI is InChI=1S/C17H18N2O2/c1-21-17-7-9-19-12-16(17)14(8-10-20)15(11-18)13-5-3-2-4-6-13/h2-7,9,12,14-15,20H,8,10H2,1H3/t14-,15+/m1/s1. The molecule has 2 aromatic rings. The van der Waals surface area contributed by atoms with Crippen LogP contribution in [0.3, 0.4) is 0 Å². The van der Waals surface area contributed by atoms with Gasteiger partial charge in [0.15, 0.2) is 0 Å². The summed E-state index contributed by atoms with van der Waals surface area (Å²) in [7, 11) is 1.60. The molecular weight excluding hydrogens is 264 g/mol. The number of nitrogens with zero attached hydrogens (tertiary/aromatic N) is 2. The molecule has 1 N–H and O–H groups in total. The van der Waals surface area contributed by atoms with Crippen LogP contribution in [-0.2, 0) is 0 Å². The number of methoxy groups -OCH3 is 1. The highest BCUT2D eigenvalue weighted by Crippen LogP contribution is 2.38. The molecule has 0 bridgehead atoms. The molecule has 108 valence electrons. The van der Waals surface area contributed by atoms with E-state index in [1.54, 1.807) is 25.6 Å². The number of aromatic nitrogens is 1. The van der Waals surface area contributed by atoms with Crippen molar-refractivity contribution >= 4 is 0 Å². The molecule has 1 heterocycles. The van der Waals surface area contributed by atoms with Crippen LogP contribution in [0.5, 0.6) is 5.75 Å². The lowest BCUT2D eigenvalue weighted by molar-refractivity contribution is 0.270. The lowest BCUT2D eigenvalue weighted by Gasteiger charge is -2.23. The van der Waals surface area contributed by atoms with Gasteiger partial charge >= 0.3 is 0 Å². The second-order valence-corrected chi connectivity index (χ2v) is 4.75. The molecule has 4 heteroatoms. The van der Waals surface area contributed by atoms with Crippen molar-refractivity contribution in [2.45, 2.75) is 18.3 Å². The van der Waals surface area contributed by atoms with Gasteiger partial charge in [-0.05, 0) is 18.1 Å². The molecule has 0 radical (unpaired) electrons. The molecular formula is C17H18N2O2. The number of aliphatic hydroxyl groups is 1. The van der Waals surface area contributed by atoms with Gasteiger partial charge in [-0.15, -0.1) is 0 Å². The van der Waals surface area contributed by atoms with E-state index in [1.807, 2.05) is 30.3 Å². The summed E-state index contributed by atoms with van der Waals surface area (Å²) in [6.07, 6.45) is 3.85. The zero-order valence-electron chi connectivity index (χ0n) is 11.9. The molecule has 1 aromatic heterocycles. The zero-order valence-corrected chi connectivity index (χ0v) is 11.9. The third-order valence-corrected chi connectivity index (χ3v) is 3.57. The van der Waals surface area contributed by atoms with Gasteiger partial charge < -0.3 is 9.84 Å². The fraction of sp³-hybridized carbons (Fsp3) is 0.294. The van der Waals surface area contributed by atoms with E-state index in [-0.39, 0.29) is 18.4 Å². The van der Waals surface area contributed by atoms with Crippen molar-refractivity contribution < 1.29 is 9.84 Å². The molecule has 21 heavy (non-hydrogen) atoms. The molecule has 2 atom stereocenters. The molecule has 0 unspecified atom stereocenters. The highest BCUT2D eigenvalue weighted by atomic mass is 16.5. The first-order valence-electron chi connectivity index (χ1n) is 6.85. The Morgan fingerprint density at radius 3 is 2.67 bits per heavy atom. The van der Waals surface area contributed by atoms with Gasteiger partial charge in [0, 0.05) is 30.5 Å². The second-order valence-electron chi connectivity index (χ2n) is 4.75. The van der Waals surface area contributed by atoms with Crippen molar-refractivity contribution in [2.75, 3.05) is 13.7 Å². The molecule has 4 nitrogen and oxygen atoms in total. The van der Waals surface area contributed by atoms with Gasteiger partial charge in [-0.3, -0.25) is 4.98 Å². The average Bonchev–Trinajstić information content (AvgIpc) is 2.55. The molecule has 2 rings (SSSR count). The molecule has 1 aromatic carbocycles. The second kappa shape index (κ2) is 7.41. The van der Waals surface area contributed by atoms with Crippen LogP contribution in [0.2, 0.25) is 0 Å². The summed E-state index contributed by atoms with van der Waals surface area (Å²) >= 11 is 0. The van der Waals surface area contributed by atoms with Gasteiger partial charge in [-0.2, -0.15) is 5.26 Å². The number of pyridine rings is 1. The highest BCUT2D eigenvalue weighted by Gasteiger charge is 2.27. The Hall–Kier alpha value is -2.38. The summed E-state index contributed by atoms with van der Waals surface area (Å²) in [6, 6.07) is 13.7. The highest BCUT2D eigenvalue weighted by molar-refractivity contribution is 5.39. The Balaban J connectivity index is 2.44. The minimum absolute atomic E-state index is 0.00767. The molecule has 0 amide bonds. The Morgan fingerprint density at radius 2 is 2.05 bits per heavy atom. The van der Waals surface area contributed by atoms with E-state index in [2.05, 4.69) is 11.1 Å². The number of ether oxygens (including phenoxy) is 1. The first-order chi connectivity index (χ1) is 10.3. The van der Waals surface area contributed by atoms with Gasteiger partial charge in [-0.1, -0.05) is 30.3 Å². The van der Waals surface area contributed by atoms with Crippen molar-refractivity contribution in [1.82, 2.24) is 4.98 Å². The van der Waals surface area contributed by atoms with E-state index in [4.69, 9.17) is 4.74 Å². The van der Waals surface area contributed by atoms with Crippen molar-refractivity contribution in [3.63, 3.8) is 0 Å². The number of hydrogen-bond donors (Lipinski definition) is 1. The minimum Gasteiger partial charge on any atom is -0.496 e. The molecule has 0 saturated heterocycles. The third kappa shape index (κ3) is 3.39. The molecule has 0 saturated carbocycles. The van der Waals surface area contributed by atoms with Crippen molar-refractivity contribution in [2.24, 2.45) is 0 Å². The van der Waals surface area contributed by atoms with Gasteiger partial charge in [0.1, 0.15) is 5.75 Å². The minimum atomic E-state index is -0.351. The van der Waals surface area contributed by atoms with E-state index >= 15 is 0 Å². The van der Waals surface area contributed by atoms with Gasteiger partial charge in [0.05, 0.1) is 19.1 Å². The van der Waals surface area contributed by atoms with Crippen LogP contribution in [0.15, 0.2) is 48.8 Å². The number of hydrogen-bond acceptors (Lipinski definition) is 4. The molecule has 0 aliphatic carbocycles. The van der Waals surface area contributed by atoms with Crippen LogP contribution in [0.4, 0.5) is 0 Å². The third-order valence-electron chi connectivity index (χ3n) is 3.57. The number of aliphatic hydroxyl groups excluding tert-OH is 1. The fourth-order valence-corrected chi connectivity index (χ4v) is 2.56. The summed E-state index contributed by atoms with van der Waals surface area (Å²) in [5.41, 5.74) is 1.79. The van der Waals surface area contributed by atoms with Crippen molar-refractivity contribution in [3.8, 4) is 11.8 Å². The van der Waals surface area contributed by atoms with Crippen LogP contribution in [0.25, 0.3) is 0 Å². The average molecular weight is 282 g/mol. The van der Waals surface area contributed by atoms with Gasteiger partial charge in [0.2, 0.25) is 0 Å². The Kier molecular flexibility index (Phi) is 5.30. The maximum Gasteiger partial charge on any atom is 0.125 e. The number of nitriles is 1. The SMILES string of the molecule is COc1ccncc1[C@H](CCO)[C@@H](C#N)c1ccccc1. The summed E-state index contributed by atoms with van der Waals surface area (Å²) in [4.78, 5) is 4.14. The monoisotopic (exact) mass is 282 g/mol. The lowest BCUT2D eigenvalue weighted by atomic mass is 9.80. The van der Waals surface area contributed by atoms with Crippen molar-refractivity contribution in [1.29, 1.82) is 5.26 Å². The van der Waals surface area contributed by atoms with Crippen LogP contribution in [-0.4, -0.2) is 23.8 Å². The topological polar surface area (TPSA) is 66.1 Å². The zero-order chi connectivity index (χ0) is 15.1. The molecule has 0 fully saturated rings. The number of benzene rings is 1. The van der Waals surface area contributed by atoms with E-state index in [9.17, 15) is 10.4 Å². The van der Waals surface area contributed by atoms with Crippen LogP contribution in [0, 0.1) is 11.3 Å². The van der Waals surface area contributed by atoms with Crippen molar-refractivity contribution in [3.05, 3.63) is 59.9 Å². The van der Waals surface area contributed by atoms with E-state index in [1.165, 1.54) is 0 Å². The fourth-order valence-electron chi connectivity index (χ4n) is 2.56. The predicted molar refractivity (Wildman–Crippen MR) is 80.0 cm³/mol. The first kappa shape index (κ1) is 15.0. The quantitative estimate of drug-likeness (QED) is 0.884. The normalized spacial score (nSPS) is 13.2. The maximum atomic E-state index is 9.61. The first-order valence-corrected chi connectivity index (χ1v) is 6.85. The predicted octanol–water partition coefficient (Wildman–Crippen LogP) is 2.86. The van der Waals surface area contributed by atoms with E-state index in [0.717, 1.165) is 11.1 Å². The number of rotatable bonds is 6. The Labute approximate surface area is 124 Å². The van der Waals surface area contributed by atoms with Crippen LogP contribution in [0.1, 0.15) is 29.4 Å². The largest absolute Gasteiger partial charge is 0.496 e. The summed E-state index contributed by atoms with van der Waals surface area (Å²) in [6.45, 7) is 0.00767. The molecule has 0 aliphatic rings.